The Hall–Kier alpha value is -2.73. The summed E-state index contributed by atoms with van der Waals surface area (Å²) in [5.41, 5.74) is -4.24. The van der Waals surface area contributed by atoms with Crippen LogP contribution in [0.5, 0.6) is 0 Å². The van der Waals surface area contributed by atoms with E-state index in [1.54, 1.807) is 4.98 Å². The first-order valence-corrected chi connectivity index (χ1v) is 5.24. The molecule has 3 N–H and O–H groups in total. The third-order valence-electron chi connectivity index (χ3n) is 2.40. The minimum atomic E-state index is -2.04. The molecule has 0 aromatic carbocycles. The lowest BCUT2D eigenvalue weighted by molar-refractivity contribution is -0.156. The predicted octanol–water partition coefficient (Wildman–Crippen LogP) is -2.84. The summed E-state index contributed by atoms with van der Waals surface area (Å²) in [6.07, 6.45) is -4.08. The summed E-state index contributed by atoms with van der Waals surface area (Å²) in [5, 5.41) is 17.7. The van der Waals surface area contributed by atoms with Gasteiger partial charge in [-0.05, 0) is 0 Å². The largest absolute Gasteiger partial charge is 0.478 e. The molecule has 0 saturated carbocycles. The average Bonchev–Trinajstić information content (AvgIpc) is 2.38. The van der Waals surface area contributed by atoms with Gasteiger partial charge in [-0.3, -0.25) is 4.98 Å². The number of hydrogen-bond donors (Lipinski definition) is 3. The number of aliphatic carboxylic acids is 2. The molecule has 2 atom stereocenters. The van der Waals surface area contributed by atoms with E-state index < -0.39 is 41.5 Å². The zero-order chi connectivity index (χ0) is 16.3. The number of H-pyrrole nitrogens is 1. The molecule has 0 spiro atoms. The molecule has 12 heteroatoms. The van der Waals surface area contributed by atoms with Gasteiger partial charge in [-0.1, -0.05) is 0 Å². The van der Waals surface area contributed by atoms with Crippen LogP contribution in [0.4, 0.5) is 0 Å². The highest BCUT2D eigenvalue weighted by molar-refractivity contribution is 5.71. The fourth-order valence-corrected chi connectivity index (χ4v) is 1.55. The van der Waals surface area contributed by atoms with Gasteiger partial charge in [-0.25, -0.2) is 33.1 Å². The van der Waals surface area contributed by atoms with Crippen molar-refractivity contribution in [2.75, 3.05) is 14.2 Å². The standard InChI is InChI=1S/C9H11N3O9/c1-20-3(5(13)14)11-7(17)10-8(18)12(9(11)19)4(21-2)6(15)16/h3-4H,1-2H3,(H,13,14)(H,15,16)(H,10,17,18). The van der Waals surface area contributed by atoms with Gasteiger partial charge in [-0.15, -0.1) is 0 Å². The van der Waals surface area contributed by atoms with E-state index in [9.17, 15) is 24.0 Å². The number of aromatic amines is 1. The molecule has 1 aromatic rings. The third-order valence-corrected chi connectivity index (χ3v) is 2.40. The van der Waals surface area contributed by atoms with Crippen molar-refractivity contribution in [3.8, 4) is 0 Å². The molecule has 0 aliphatic carbocycles. The van der Waals surface area contributed by atoms with Gasteiger partial charge in [0.1, 0.15) is 0 Å². The van der Waals surface area contributed by atoms with E-state index in [2.05, 4.69) is 9.47 Å². The first kappa shape index (κ1) is 16.3. The second-order valence-corrected chi connectivity index (χ2v) is 3.61. The number of methoxy groups -OCH3 is 2. The van der Waals surface area contributed by atoms with Crippen LogP contribution in [0.1, 0.15) is 12.5 Å². The molecule has 1 rings (SSSR count). The average molecular weight is 305 g/mol. The summed E-state index contributed by atoms with van der Waals surface area (Å²) < 4.78 is 9.02. The van der Waals surface area contributed by atoms with E-state index in [4.69, 9.17) is 10.2 Å². The monoisotopic (exact) mass is 305 g/mol. The summed E-state index contributed by atoms with van der Waals surface area (Å²) in [6.45, 7) is 0. The molecular formula is C9H11N3O9. The van der Waals surface area contributed by atoms with Crippen molar-refractivity contribution in [2.24, 2.45) is 0 Å². The lowest BCUT2D eigenvalue weighted by Gasteiger charge is -2.16. The fraction of sp³-hybridized carbons (Fsp3) is 0.444. The van der Waals surface area contributed by atoms with Crippen LogP contribution in [0, 0.1) is 0 Å². The number of carbonyl (C=O) groups is 2. The van der Waals surface area contributed by atoms with Crippen LogP contribution in [0.2, 0.25) is 0 Å². The van der Waals surface area contributed by atoms with Gasteiger partial charge in [0, 0.05) is 14.2 Å². The van der Waals surface area contributed by atoms with Crippen LogP contribution in [0.15, 0.2) is 14.4 Å². The quantitative estimate of drug-likeness (QED) is 0.500. The smallest absolute Gasteiger partial charge is 0.354 e. The molecule has 116 valence electrons. The zero-order valence-corrected chi connectivity index (χ0v) is 10.8. The fourth-order valence-electron chi connectivity index (χ4n) is 1.55. The van der Waals surface area contributed by atoms with Gasteiger partial charge in [0.25, 0.3) is 0 Å². The Kier molecular flexibility index (Phi) is 4.78. The minimum absolute atomic E-state index is 0.0404. The Morgan fingerprint density at radius 2 is 1.29 bits per heavy atom. The summed E-state index contributed by atoms with van der Waals surface area (Å²) >= 11 is 0. The van der Waals surface area contributed by atoms with Crippen molar-refractivity contribution in [1.29, 1.82) is 0 Å². The van der Waals surface area contributed by atoms with Crippen molar-refractivity contribution >= 4 is 11.9 Å². The Morgan fingerprint density at radius 1 is 0.952 bits per heavy atom. The molecule has 0 amide bonds. The first-order valence-electron chi connectivity index (χ1n) is 5.24. The number of rotatable bonds is 6. The van der Waals surface area contributed by atoms with Gasteiger partial charge in [0.05, 0.1) is 0 Å². The Morgan fingerprint density at radius 3 is 1.52 bits per heavy atom. The molecule has 1 aromatic heterocycles. The van der Waals surface area contributed by atoms with Gasteiger partial charge < -0.3 is 19.7 Å². The lowest BCUT2D eigenvalue weighted by atomic mass is 10.5. The highest BCUT2D eigenvalue weighted by Gasteiger charge is 2.29. The SMILES string of the molecule is COC(C(=O)O)n1c(=O)[nH]c(=O)n(C(OC)C(=O)O)c1=O. The number of hydrogen-bond acceptors (Lipinski definition) is 7. The van der Waals surface area contributed by atoms with Crippen molar-refractivity contribution in [3.05, 3.63) is 31.5 Å². The maximum absolute atomic E-state index is 12.0. The maximum Gasteiger partial charge on any atom is 0.354 e. The molecule has 2 unspecified atom stereocenters. The van der Waals surface area contributed by atoms with Gasteiger partial charge in [0.15, 0.2) is 0 Å². The van der Waals surface area contributed by atoms with Crippen LogP contribution >= 0.6 is 0 Å². The van der Waals surface area contributed by atoms with E-state index in [1.165, 1.54) is 0 Å². The molecule has 0 bridgehead atoms. The van der Waals surface area contributed by atoms with Crippen LogP contribution in [-0.2, 0) is 19.1 Å². The van der Waals surface area contributed by atoms with Crippen molar-refractivity contribution in [2.45, 2.75) is 12.5 Å². The lowest BCUT2D eigenvalue weighted by Crippen LogP contribution is -2.54. The summed E-state index contributed by atoms with van der Waals surface area (Å²) in [5.74, 6) is -3.39. The van der Waals surface area contributed by atoms with Gasteiger partial charge >= 0.3 is 29.0 Å². The summed E-state index contributed by atoms with van der Waals surface area (Å²) in [7, 11) is 1.82. The van der Waals surface area contributed by atoms with E-state index in [-0.39, 0.29) is 9.13 Å². The first-order chi connectivity index (χ1) is 9.76. The Labute approximate surface area is 114 Å². The normalized spacial score (nSPS) is 13.6. The molecule has 1 heterocycles. The number of nitrogens with zero attached hydrogens (tertiary/aromatic N) is 2. The van der Waals surface area contributed by atoms with Crippen LogP contribution < -0.4 is 17.1 Å². The molecule has 21 heavy (non-hydrogen) atoms. The number of nitrogens with one attached hydrogen (secondary N) is 1. The number of aromatic nitrogens is 3. The zero-order valence-electron chi connectivity index (χ0n) is 10.8. The van der Waals surface area contributed by atoms with Crippen molar-refractivity contribution in [1.82, 2.24) is 14.1 Å². The van der Waals surface area contributed by atoms with Crippen LogP contribution in [0.3, 0.4) is 0 Å². The molecule has 0 aliphatic heterocycles. The topological polar surface area (TPSA) is 170 Å². The van der Waals surface area contributed by atoms with Gasteiger partial charge in [-0.2, -0.15) is 0 Å². The van der Waals surface area contributed by atoms with Crippen molar-refractivity contribution in [3.63, 3.8) is 0 Å². The number of carboxylic acid groups (broad SMARTS) is 2. The predicted molar refractivity (Wildman–Crippen MR) is 62.9 cm³/mol. The van der Waals surface area contributed by atoms with Crippen LogP contribution in [-0.4, -0.2) is 50.5 Å². The Bertz CT molecular complexity index is 670. The van der Waals surface area contributed by atoms with E-state index in [0.717, 1.165) is 14.2 Å². The van der Waals surface area contributed by atoms with E-state index >= 15 is 0 Å². The second-order valence-electron chi connectivity index (χ2n) is 3.61. The number of carboxylic acids is 2. The molecule has 0 radical (unpaired) electrons. The number of ether oxygens (including phenoxy) is 2. The Balaban J connectivity index is 3.76. The second kappa shape index (κ2) is 6.15. The highest BCUT2D eigenvalue weighted by Crippen LogP contribution is 2.03. The highest BCUT2D eigenvalue weighted by atomic mass is 16.5. The van der Waals surface area contributed by atoms with Gasteiger partial charge in [0.2, 0.25) is 12.5 Å². The summed E-state index contributed by atoms with van der Waals surface area (Å²) in [6, 6.07) is 0. The minimum Gasteiger partial charge on any atom is -0.478 e. The van der Waals surface area contributed by atoms with E-state index in [0.29, 0.717) is 0 Å². The molecule has 12 nitrogen and oxygen atoms in total. The molecule has 0 saturated heterocycles. The van der Waals surface area contributed by atoms with E-state index in [1.807, 2.05) is 0 Å². The summed E-state index contributed by atoms with van der Waals surface area (Å²) in [4.78, 5) is 58.6. The molecular weight excluding hydrogens is 294 g/mol. The van der Waals surface area contributed by atoms with Crippen molar-refractivity contribution < 1.29 is 29.3 Å². The molecule has 0 fully saturated rings. The van der Waals surface area contributed by atoms with Crippen LogP contribution in [0.25, 0.3) is 0 Å². The maximum atomic E-state index is 12.0. The third kappa shape index (κ3) is 2.90. The molecule has 0 aliphatic rings.